The summed E-state index contributed by atoms with van der Waals surface area (Å²) in [5, 5.41) is 6.47. The first-order valence-corrected chi connectivity index (χ1v) is 11.0. The molecule has 0 saturated carbocycles. The Balaban J connectivity index is 1.53. The lowest BCUT2D eigenvalue weighted by molar-refractivity contribution is -0.124. The van der Waals surface area contributed by atoms with Gasteiger partial charge in [-0.1, -0.05) is 35.1 Å². The molecule has 3 aromatic rings. The zero-order valence-corrected chi connectivity index (χ0v) is 18.4. The lowest BCUT2D eigenvalue weighted by Gasteiger charge is -2.31. The van der Waals surface area contributed by atoms with Crippen molar-refractivity contribution in [3.63, 3.8) is 0 Å². The molecular formula is C20H21ClN6O3S. The summed E-state index contributed by atoms with van der Waals surface area (Å²) < 4.78 is 1.63. The number of fused-ring (bicyclic) bond motifs is 1. The predicted molar refractivity (Wildman–Crippen MR) is 121 cm³/mol. The topological polar surface area (TPSA) is 109 Å². The van der Waals surface area contributed by atoms with Crippen LogP contribution in [-0.2, 0) is 16.1 Å². The summed E-state index contributed by atoms with van der Waals surface area (Å²) in [5.41, 5.74) is 0.491. The average molecular weight is 461 g/mol. The number of hydrogen-bond donors (Lipinski definition) is 2. The molecule has 2 amide bonds. The SMILES string of the molecule is CNC(=O)[C@@H]1CCCN(c2nc3ncn(CC(=O)Nc4ccccc4Cl)c(=O)c3s2)C1. The Bertz CT molecular complexity index is 1190. The number of benzene rings is 1. The molecule has 1 aliphatic heterocycles. The summed E-state index contributed by atoms with van der Waals surface area (Å²) >= 11 is 7.30. The molecule has 162 valence electrons. The highest BCUT2D eigenvalue weighted by atomic mass is 35.5. The summed E-state index contributed by atoms with van der Waals surface area (Å²) in [6.07, 6.45) is 3.02. The third-order valence-corrected chi connectivity index (χ3v) is 6.57. The van der Waals surface area contributed by atoms with E-state index in [1.807, 2.05) is 4.90 Å². The first-order chi connectivity index (χ1) is 15.0. The van der Waals surface area contributed by atoms with Gasteiger partial charge < -0.3 is 15.5 Å². The molecule has 4 rings (SSSR count). The summed E-state index contributed by atoms with van der Waals surface area (Å²) in [5.74, 6) is -0.481. The van der Waals surface area contributed by atoms with Crippen molar-refractivity contribution < 1.29 is 9.59 Å². The monoisotopic (exact) mass is 460 g/mol. The van der Waals surface area contributed by atoms with E-state index in [9.17, 15) is 14.4 Å². The van der Waals surface area contributed by atoms with Crippen molar-refractivity contribution in [1.29, 1.82) is 0 Å². The molecule has 0 bridgehead atoms. The standard InChI is InChI=1S/C20H21ClN6O3S/c1-22-18(29)12-5-4-8-26(9-12)20-25-17-16(31-20)19(30)27(11-23-17)10-15(28)24-14-7-3-2-6-13(14)21/h2-3,6-7,11-12H,4-5,8-10H2,1H3,(H,22,29)(H,24,28)/t12-/m1/s1. The summed E-state index contributed by atoms with van der Waals surface area (Å²) in [4.78, 5) is 48.1. The third kappa shape index (κ3) is 4.54. The second kappa shape index (κ2) is 9.03. The zero-order valence-electron chi connectivity index (χ0n) is 16.8. The molecule has 0 radical (unpaired) electrons. The van der Waals surface area contributed by atoms with Gasteiger partial charge in [0.05, 0.1) is 16.6 Å². The second-order valence-electron chi connectivity index (χ2n) is 7.25. The van der Waals surface area contributed by atoms with Crippen LogP contribution in [0.15, 0.2) is 35.4 Å². The highest BCUT2D eigenvalue weighted by Gasteiger charge is 2.27. The van der Waals surface area contributed by atoms with Crippen LogP contribution < -0.4 is 21.1 Å². The number of carbonyl (C=O) groups is 2. The molecule has 1 atom stereocenters. The Hall–Kier alpha value is -2.98. The number of thiazole rings is 1. The maximum atomic E-state index is 12.9. The number of hydrogen-bond acceptors (Lipinski definition) is 7. The zero-order chi connectivity index (χ0) is 22.0. The predicted octanol–water partition coefficient (Wildman–Crippen LogP) is 2.11. The van der Waals surface area contributed by atoms with Crippen molar-refractivity contribution in [3.8, 4) is 0 Å². The minimum Gasteiger partial charge on any atom is -0.359 e. The van der Waals surface area contributed by atoms with Crippen molar-refractivity contribution in [2.45, 2.75) is 19.4 Å². The molecular weight excluding hydrogens is 440 g/mol. The van der Waals surface area contributed by atoms with Crippen molar-refractivity contribution >= 4 is 55.9 Å². The normalized spacial score (nSPS) is 16.3. The van der Waals surface area contributed by atoms with Crippen molar-refractivity contribution in [2.24, 2.45) is 5.92 Å². The van der Waals surface area contributed by atoms with Gasteiger partial charge in [0.15, 0.2) is 10.8 Å². The number of aromatic nitrogens is 3. The molecule has 11 heteroatoms. The summed E-state index contributed by atoms with van der Waals surface area (Å²) in [7, 11) is 1.63. The molecule has 0 unspecified atom stereocenters. The maximum absolute atomic E-state index is 12.9. The number of para-hydroxylation sites is 1. The van der Waals surface area contributed by atoms with Crippen molar-refractivity contribution in [2.75, 3.05) is 30.4 Å². The third-order valence-electron chi connectivity index (χ3n) is 5.14. The molecule has 31 heavy (non-hydrogen) atoms. The number of piperidine rings is 1. The van der Waals surface area contributed by atoms with E-state index in [0.717, 1.165) is 19.4 Å². The van der Waals surface area contributed by atoms with E-state index in [-0.39, 0.29) is 29.8 Å². The van der Waals surface area contributed by atoms with Gasteiger partial charge in [0.1, 0.15) is 17.6 Å². The first kappa shape index (κ1) is 21.3. The van der Waals surface area contributed by atoms with Crippen LogP contribution in [0.3, 0.4) is 0 Å². The molecule has 3 heterocycles. The number of nitrogens with one attached hydrogen (secondary N) is 2. The number of anilines is 2. The van der Waals surface area contributed by atoms with E-state index in [1.54, 1.807) is 31.3 Å². The summed E-state index contributed by atoms with van der Waals surface area (Å²) in [6, 6.07) is 6.88. The Morgan fingerprint density at radius 3 is 2.90 bits per heavy atom. The van der Waals surface area contributed by atoms with Gasteiger partial charge in [-0.15, -0.1) is 0 Å². The van der Waals surface area contributed by atoms with Crippen LogP contribution in [0.5, 0.6) is 0 Å². The van der Waals surface area contributed by atoms with Crippen molar-refractivity contribution in [3.05, 3.63) is 46.0 Å². The largest absolute Gasteiger partial charge is 0.359 e. The Labute approximate surface area is 187 Å². The summed E-state index contributed by atoms with van der Waals surface area (Å²) in [6.45, 7) is 1.12. The molecule has 2 N–H and O–H groups in total. The van der Waals surface area contributed by atoms with E-state index in [2.05, 4.69) is 20.6 Å². The van der Waals surface area contributed by atoms with Crippen LogP contribution in [0.4, 0.5) is 10.8 Å². The van der Waals surface area contributed by atoms with Crippen LogP contribution in [-0.4, -0.2) is 46.5 Å². The smallest absolute Gasteiger partial charge is 0.273 e. The van der Waals surface area contributed by atoms with Gasteiger partial charge in [0.2, 0.25) is 11.8 Å². The van der Waals surface area contributed by atoms with Crippen LogP contribution in [0, 0.1) is 5.92 Å². The van der Waals surface area contributed by atoms with Gasteiger partial charge in [0, 0.05) is 20.1 Å². The van der Waals surface area contributed by atoms with E-state index in [4.69, 9.17) is 11.6 Å². The molecule has 0 aliphatic carbocycles. The fraction of sp³-hybridized carbons (Fsp3) is 0.350. The van der Waals surface area contributed by atoms with E-state index >= 15 is 0 Å². The van der Waals surface area contributed by atoms with Crippen LogP contribution >= 0.6 is 22.9 Å². The van der Waals surface area contributed by atoms with Gasteiger partial charge >= 0.3 is 0 Å². The first-order valence-electron chi connectivity index (χ1n) is 9.83. The minimum absolute atomic E-state index is 0.0100. The molecule has 0 spiro atoms. The average Bonchev–Trinajstić information content (AvgIpc) is 3.22. The molecule has 1 saturated heterocycles. The molecule has 9 nitrogen and oxygen atoms in total. The van der Waals surface area contributed by atoms with Crippen LogP contribution in [0.1, 0.15) is 12.8 Å². The van der Waals surface area contributed by atoms with Crippen molar-refractivity contribution in [1.82, 2.24) is 19.9 Å². The number of nitrogens with zero attached hydrogens (tertiary/aromatic N) is 4. The number of amides is 2. The quantitative estimate of drug-likeness (QED) is 0.603. The number of carbonyl (C=O) groups excluding carboxylic acids is 2. The van der Waals surface area contributed by atoms with E-state index in [0.29, 0.717) is 32.7 Å². The van der Waals surface area contributed by atoms with E-state index in [1.165, 1.54) is 22.2 Å². The second-order valence-corrected chi connectivity index (χ2v) is 8.64. The van der Waals surface area contributed by atoms with Gasteiger partial charge in [-0.25, -0.2) is 4.98 Å². The molecule has 1 fully saturated rings. The number of rotatable bonds is 5. The molecule has 1 aliphatic rings. The van der Waals surface area contributed by atoms with Crippen LogP contribution in [0.2, 0.25) is 5.02 Å². The minimum atomic E-state index is -0.384. The van der Waals surface area contributed by atoms with Gasteiger partial charge in [-0.2, -0.15) is 4.98 Å². The highest BCUT2D eigenvalue weighted by molar-refractivity contribution is 7.22. The Morgan fingerprint density at radius 1 is 1.32 bits per heavy atom. The Morgan fingerprint density at radius 2 is 2.13 bits per heavy atom. The highest BCUT2D eigenvalue weighted by Crippen LogP contribution is 2.29. The fourth-order valence-electron chi connectivity index (χ4n) is 3.56. The maximum Gasteiger partial charge on any atom is 0.273 e. The van der Waals surface area contributed by atoms with E-state index < -0.39 is 0 Å². The lowest BCUT2D eigenvalue weighted by atomic mass is 9.98. The molecule has 2 aromatic heterocycles. The van der Waals surface area contributed by atoms with Crippen LogP contribution in [0.25, 0.3) is 10.3 Å². The molecule has 1 aromatic carbocycles. The van der Waals surface area contributed by atoms with Gasteiger partial charge in [0.25, 0.3) is 5.56 Å². The number of halogens is 1. The fourth-order valence-corrected chi connectivity index (χ4v) is 4.75. The lowest BCUT2D eigenvalue weighted by Crippen LogP contribution is -2.42. The van der Waals surface area contributed by atoms with Gasteiger partial charge in [-0.3, -0.25) is 19.0 Å². The Kier molecular flexibility index (Phi) is 6.19. The van der Waals surface area contributed by atoms with Gasteiger partial charge in [-0.05, 0) is 25.0 Å².